The van der Waals surface area contributed by atoms with Crippen molar-refractivity contribution in [2.24, 2.45) is 17.3 Å². The first-order valence-corrected chi connectivity index (χ1v) is 6.83. The van der Waals surface area contributed by atoms with Gasteiger partial charge in [0.25, 0.3) is 0 Å². The van der Waals surface area contributed by atoms with Crippen molar-refractivity contribution >= 4 is 5.78 Å². The van der Waals surface area contributed by atoms with E-state index in [1.54, 1.807) is 6.08 Å². The molecule has 2 N–H and O–H groups in total. The Morgan fingerprint density at radius 3 is 2.72 bits per heavy atom. The van der Waals surface area contributed by atoms with Gasteiger partial charge in [-0.25, -0.2) is 0 Å². The summed E-state index contributed by atoms with van der Waals surface area (Å²) < 4.78 is 0. The molecule has 3 nitrogen and oxygen atoms in total. The molecule has 3 atom stereocenters. The smallest absolute Gasteiger partial charge is 0.156 e. The van der Waals surface area contributed by atoms with Crippen LogP contribution >= 0.6 is 0 Å². The number of aliphatic hydroxyl groups excluding tert-OH is 1. The van der Waals surface area contributed by atoms with Gasteiger partial charge in [0.15, 0.2) is 5.78 Å². The quantitative estimate of drug-likeness (QED) is 0.791. The van der Waals surface area contributed by atoms with Crippen LogP contribution in [-0.4, -0.2) is 28.2 Å². The third kappa shape index (κ3) is 2.39. The predicted molar refractivity (Wildman–Crippen MR) is 70.0 cm³/mol. The average molecular weight is 252 g/mol. The van der Waals surface area contributed by atoms with Crippen molar-refractivity contribution < 1.29 is 15.0 Å². The normalized spacial score (nSPS) is 37.2. The summed E-state index contributed by atoms with van der Waals surface area (Å²) in [7, 11) is 0. The van der Waals surface area contributed by atoms with E-state index < -0.39 is 5.60 Å². The van der Waals surface area contributed by atoms with Crippen LogP contribution in [0.2, 0.25) is 0 Å². The highest BCUT2D eigenvalue weighted by molar-refractivity contribution is 5.92. The first-order chi connectivity index (χ1) is 8.26. The van der Waals surface area contributed by atoms with Crippen LogP contribution in [-0.2, 0) is 4.79 Å². The molecule has 0 bridgehead atoms. The topological polar surface area (TPSA) is 57.5 Å². The van der Waals surface area contributed by atoms with E-state index in [1.165, 1.54) is 0 Å². The van der Waals surface area contributed by atoms with Crippen LogP contribution in [0, 0.1) is 17.3 Å². The molecule has 2 aliphatic carbocycles. The van der Waals surface area contributed by atoms with Crippen molar-refractivity contribution in [1.82, 2.24) is 0 Å². The summed E-state index contributed by atoms with van der Waals surface area (Å²) in [6.07, 6.45) is 5.00. The lowest BCUT2D eigenvalue weighted by Crippen LogP contribution is -2.45. The minimum Gasteiger partial charge on any atom is -0.392 e. The molecule has 1 fully saturated rings. The van der Waals surface area contributed by atoms with Gasteiger partial charge in [0.1, 0.15) is 0 Å². The summed E-state index contributed by atoms with van der Waals surface area (Å²) in [5.74, 6) is 0.628. The molecule has 0 aromatic rings. The third-order valence-electron chi connectivity index (χ3n) is 4.98. The summed E-state index contributed by atoms with van der Waals surface area (Å²) in [4.78, 5) is 11.7. The van der Waals surface area contributed by atoms with Crippen molar-refractivity contribution in [2.45, 2.75) is 52.1 Å². The van der Waals surface area contributed by atoms with Crippen LogP contribution in [0.25, 0.3) is 0 Å². The van der Waals surface area contributed by atoms with Gasteiger partial charge in [-0.2, -0.15) is 0 Å². The van der Waals surface area contributed by atoms with Gasteiger partial charge in [-0.3, -0.25) is 4.79 Å². The first-order valence-electron chi connectivity index (χ1n) is 6.83. The maximum absolute atomic E-state index is 11.7. The Kier molecular flexibility index (Phi) is 3.41. The number of aliphatic hydroxyl groups is 2. The second-order valence-corrected chi connectivity index (χ2v) is 6.85. The van der Waals surface area contributed by atoms with Crippen molar-refractivity contribution in [3.05, 3.63) is 11.6 Å². The number of fused-ring (bicyclic) bond motifs is 1. The largest absolute Gasteiger partial charge is 0.392 e. The third-order valence-corrected chi connectivity index (χ3v) is 4.98. The molecule has 0 spiro atoms. The summed E-state index contributed by atoms with van der Waals surface area (Å²) >= 11 is 0. The van der Waals surface area contributed by atoms with E-state index >= 15 is 0 Å². The zero-order chi connectivity index (χ0) is 13.6. The van der Waals surface area contributed by atoms with Crippen molar-refractivity contribution in [2.75, 3.05) is 6.61 Å². The highest BCUT2D eigenvalue weighted by atomic mass is 16.3. The summed E-state index contributed by atoms with van der Waals surface area (Å²) in [6.45, 7) is 5.83. The Balaban J connectivity index is 2.27. The Morgan fingerprint density at radius 2 is 2.17 bits per heavy atom. The van der Waals surface area contributed by atoms with E-state index in [0.717, 1.165) is 24.8 Å². The minimum absolute atomic E-state index is 0.0222. The SMILES string of the molecule is CC(C)(O)[C@@H]1CC[C@@]2(C)CC(=O)C=C(CO)[C@@H]2C1. The molecule has 0 amide bonds. The second-order valence-electron chi connectivity index (χ2n) is 6.85. The van der Waals surface area contributed by atoms with E-state index in [4.69, 9.17) is 0 Å². The predicted octanol–water partition coefficient (Wildman–Crippen LogP) is 2.07. The lowest BCUT2D eigenvalue weighted by atomic mass is 9.56. The van der Waals surface area contributed by atoms with Gasteiger partial charge in [-0.05, 0) is 62.0 Å². The molecule has 2 rings (SSSR count). The van der Waals surface area contributed by atoms with Crippen molar-refractivity contribution in [3.8, 4) is 0 Å². The molecular formula is C15H24O3. The number of carbonyl (C=O) groups excluding carboxylic acids is 1. The van der Waals surface area contributed by atoms with Crippen LogP contribution in [0.5, 0.6) is 0 Å². The Hall–Kier alpha value is -0.670. The number of ketones is 1. The van der Waals surface area contributed by atoms with Gasteiger partial charge < -0.3 is 10.2 Å². The lowest BCUT2D eigenvalue weighted by molar-refractivity contribution is -0.120. The molecule has 1 saturated carbocycles. The van der Waals surface area contributed by atoms with Crippen molar-refractivity contribution in [1.29, 1.82) is 0 Å². The van der Waals surface area contributed by atoms with E-state index in [2.05, 4.69) is 6.92 Å². The number of carbonyl (C=O) groups is 1. The molecule has 0 aromatic heterocycles. The zero-order valence-corrected chi connectivity index (χ0v) is 11.6. The Labute approximate surface area is 109 Å². The molecule has 0 heterocycles. The molecule has 2 aliphatic rings. The number of hydrogen-bond donors (Lipinski definition) is 2. The van der Waals surface area contributed by atoms with E-state index in [-0.39, 0.29) is 29.6 Å². The molecule has 102 valence electrons. The highest BCUT2D eigenvalue weighted by Gasteiger charge is 2.47. The summed E-state index contributed by atoms with van der Waals surface area (Å²) in [5, 5.41) is 19.6. The van der Waals surface area contributed by atoms with Crippen molar-refractivity contribution in [3.63, 3.8) is 0 Å². The number of allylic oxidation sites excluding steroid dienone is 1. The Morgan fingerprint density at radius 1 is 1.50 bits per heavy atom. The molecule has 18 heavy (non-hydrogen) atoms. The maximum Gasteiger partial charge on any atom is 0.156 e. The summed E-state index contributed by atoms with van der Waals surface area (Å²) in [5.41, 5.74) is 0.164. The first kappa shape index (κ1) is 13.8. The van der Waals surface area contributed by atoms with Gasteiger partial charge >= 0.3 is 0 Å². The molecule has 0 saturated heterocycles. The van der Waals surface area contributed by atoms with Gasteiger partial charge in [0.05, 0.1) is 12.2 Å². The maximum atomic E-state index is 11.7. The molecule has 3 heteroatoms. The van der Waals surface area contributed by atoms with Gasteiger partial charge in [-0.1, -0.05) is 6.92 Å². The van der Waals surface area contributed by atoms with Gasteiger partial charge in [-0.15, -0.1) is 0 Å². The molecule has 0 aromatic carbocycles. The highest BCUT2D eigenvalue weighted by Crippen LogP contribution is 2.52. The lowest BCUT2D eigenvalue weighted by Gasteiger charge is -2.49. The van der Waals surface area contributed by atoms with Gasteiger partial charge in [0, 0.05) is 6.42 Å². The van der Waals surface area contributed by atoms with Crippen LogP contribution < -0.4 is 0 Å². The van der Waals surface area contributed by atoms with Crippen LogP contribution in [0.3, 0.4) is 0 Å². The minimum atomic E-state index is -0.677. The standard InChI is InChI=1S/C15H24O3/c1-14(2,18)11-4-5-15(3)8-12(17)6-10(9-16)13(15)7-11/h6,11,13,16,18H,4-5,7-9H2,1-3H3/t11-,13+,15+/m1/s1. The second kappa shape index (κ2) is 4.46. The summed E-state index contributed by atoms with van der Waals surface area (Å²) in [6, 6.07) is 0. The van der Waals surface area contributed by atoms with Gasteiger partial charge in [0.2, 0.25) is 0 Å². The fourth-order valence-corrected chi connectivity index (χ4v) is 3.73. The number of hydrogen-bond acceptors (Lipinski definition) is 3. The molecule has 0 aliphatic heterocycles. The monoisotopic (exact) mass is 252 g/mol. The number of rotatable bonds is 2. The zero-order valence-electron chi connectivity index (χ0n) is 11.6. The molecule has 0 unspecified atom stereocenters. The van der Waals surface area contributed by atoms with Crippen LogP contribution in [0.15, 0.2) is 11.6 Å². The van der Waals surface area contributed by atoms with Crippen LogP contribution in [0.4, 0.5) is 0 Å². The average Bonchev–Trinajstić information content (AvgIpc) is 2.24. The fourth-order valence-electron chi connectivity index (χ4n) is 3.73. The molecular weight excluding hydrogens is 228 g/mol. The van der Waals surface area contributed by atoms with E-state index in [0.29, 0.717) is 6.42 Å². The Bertz CT molecular complexity index is 378. The fraction of sp³-hybridized carbons (Fsp3) is 0.800. The van der Waals surface area contributed by atoms with E-state index in [1.807, 2.05) is 13.8 Å². The molecule has 0 radical (unpaired) electrons. The van der Waals surface area contributed by atoms with E-state index in [9.17, 15) is 15.0 Å². The van der Waals surface area contributed by atoms with Crippen LogP contribution in [0.1, 0.15) is 46.5 Å².